The highest BCUT2D eigenvalue weighted by molar-refractivity contribution is 7.99. The SMILES string of the molecule is CCSC1CCC(NC2CCN(C)C(C)C2)C1. The van der Waals surface area contributed by atoms with E-state index in [0.717, 1.165) is 23.4 Å². The van der Waals surface area contributed by atoms with E-state index >= 15 is 0 Å². The first-order chi connectivity index (χ1) is 8.19. The highest BCUT2D eigenvalue weighted by Gasteiger charge is 2.29. The summed E-state index contributed by atoms with van der Waals surface area (Å²) in [6.07, 6.45) is 6.90. The predicted octanol–water partition coefficient (Wildman–Crippen LogP) is 2.73. The first kappa shape index (κ1) is 13.7. The number of hydrogen-bond acceptors (Lipinski definition) is 3. The van der Waals surface area contributed by atoms with Gasteiger partial charge >= 0.3 is 0 Å². The fourth-order valence-corrected chi connectivity index (χ4v) is 4.40. The lowest BCUT2D eigenvalue weighted by Gasteiger charge is -2.36. The van der Waals surface area contributed by atoms with Crippen molar-refractivity contribution in [1.82, 2.24) is 10.2 Å². The summed E-state index contributed by atoms with van der Waals surface area (Å²) >= 11 is 2.16. The molecular formula is C14H28N2S. The Morgan fingerprint density at radius 1 is 1.18 bits per heavy atom. The molecule has 0 aromatic carbocycles. The summed E-state index contributed by atoms with van der Waals surface area (Å²) in [7, 11) is 2.25. The first-order valence-electron chi connectivity index (χ1n) is 7.27. The molecule has 0 radical (unpaired) electrons. The van der Waals surface area contributed by atoms with Crippen molar-refractivity contribution >= 4 is 11.8 Å². The molecule has 0 amide bonds. The van der Waals surface area contributed by atoms with Gasteiger partial charge in [0, 0.05) is 23.4 Å². The molecule has 1 heterocycles. The molecular weight excluding hydrogens is 228 g/mol. The van der Waals surface area contributed by atoms with Gasteiger partial charge in [0.15, 0.2) is 0 Å². The van der Waals surface area contributed by atoms with Crippen LogP contribution in [0.1, 0.15) is 46.0 Å². The molecule has 2 fully saturated rings. The number of piperidine rings is 1. The average molecular weight is 256 g/mol. The van der Waals surface area contributed by atoms with Gasteiger partial charge in [0.05, 0.1) is 0 Å². The Kier molecular flexibility index (Phi) is 5.19. The fraction of sp³-hybridized carbons (Fsp3) is 1.00. The van der Waals surface area contributed by atoms with Crippen LogP contribution in [-0.4, -0.2) is 47.6 Å². The van der Waals surface area contributed by atoms with Crippen molar-refractivity contribution in [2.24, 2.45) is 0 Å². The van der Waals surface area contributed by atoms with Gasteiger partial charge in [-0.1, -0.05) is 6.92 Å². The van der Waals surface area contributed by atoms with Gasteiger partial charge in [-0.25, -0.2) is 0 Å². The Morgan fingerprint density at radius 2 is 1.94 bits per heavy atom. The zero-order chi connectivity index (χ0) is 12.3. The van der Waals surface area contributed by atoms with E-state index in [-0.39, 0.29) is 0 Å². The Hall–Kier alpha value is 0.270. The Morgan fingerprint density at radius 3 is 2.65 bits per heavy atom. The second kappa shape index (κ2) is 6.44. The number of nitrogens with zero attached hydrogens (tertiary/aromatic N) is 1. The van der Waals surface area contributed by atoms with Crippen molar-refractivity contribution in [3.63, 3.8) is 0 Å². The van der Waals surface area contributed by atoms with E-state index in [1.165, 1.54) is 44.4 Å². The van der Waals surface area contributed by atoms with E-state index in [9.17, 15) is 0 Å². The topological polar surface area (TPSA) is 15.3 Å². The summed E-state index contributed by atoms with van der Waals surface area (Å²) in [5, 5.41) is 4.85. The molecule has 2 rings (SSSR count). The van der Waals surface area contributed by atoms with Crippen LogP contribution in [0.25, 0.3) is 0 Å². The predicted molar refractivity (Wildman–Crippen MR) is 77.8 cm³/mol. The number of nitrogens with one attached hydrogen (secondary N) is 1. The molecule has 1 saturated heterocycles. The van der Waals surface area contributed by atoms with Gasteiger partial charge < -0.3 is 10.2 Å². The van der Waals surface area contributed by atoms with Crippen LogP contribution >= 0.6 is 11.8 Å². The van der Waals surface area contributed by atoms with Crippen molar-refractivity contribution in [3.8, 4) is 0 Å². The molecule has 0 bridgehead atoms. The van der Waals surface area contributed by atoms with Gasteiger partial charge in [0.2, 0.25) is 0 Å². The summed E-state index contributed by atoms with van der Waals surface area (Å²) in [5.74, 6) is 1.28. The minimum atomic E-state index is 0.753. The van der Waals surface area contributed by atoms with Crippen molar-refractivity contribution in [2.75, 3.05) is 19.3 Å². The van der Waals surface area contributed by atoms with E-state index in [1.54, 1.807) is 0 Å². The molecule has 2 nitrogen and oxygen atoms in total. The van der Waals surface area contributed by atoms with Gasteiger partial charge in [0.1, 0.15) is 0 Å². The van der Waals surface area contributed by atoms with Crippen molar-refractivity contribution in [1.29, 1.82) is 0 Å². The first-order valence-corrected chi connectivity index (χ1v) is 8.31. The lowest BCUT2D eigenvalue weighted by Crippen LogP contribution is -2.48. The molecule has 4 unspecified atom stereocenters. The van der Waals surface area contributed by atoms with Gasteiger partial charge in [0.25, 0.3) is 0 Å². The molecule has 1 saturated carbocycles. The summed E-state index contributed by atoms with van der Waals surface area (Å²) in [5.41, 5.74) is 0. The highest BCUT2D eigenvalue weighted by Crippen LogP contribution is 2.30. The number of hydrogen-bond donors (Lipinski definition) is 1. The van der Waals surface area contributed by atoms with Gasteiger partial charge in [-0.2, -0.15) is 11.8 Å². The highest BCUT2D eigenvalue weighted by atomic mass is 32.2. The van der Waals surface area contributed by atoms with Crippen LogP contribution < -0.4 is 5.32 Å². The summed E-state index contributed by atoms with van der Waals surface area (Å²) in [4.78, 5) is 2.49. The van der Waals surface area contributed by atoms with Crippen LogP contribution in [-0.2, 0) is 0 Å². The van der Waals surface area contributed by atoms with Crippen molar-refractivity contribution in [3.05, 3.63) is 0 Å². The number of thioether (sulfide) groups is 1. The summed E-state index contributed by atoms with van der Waals surface area (Å²) in [6.45, 7) is 5.90. The van der Waals surface area contributed by atoms with E-state index in [4.69, 9.17) is 0 Å². The van der Waals surface area contributed by atoms with Crippen LogP contribution in [0, 0.1) is 0 Å². The van der Waals surface area contributed by atoms with Gasteiger partial charge in [-0.15, -0.1) is 0 Å². The van der Waals surface area contributed by atoms with E-state index in [0.29, 0.717) is 0 Å². The molecule has 4 atom stereocenters. The van der Waals surface area contributed by atoms with Crippen LogP contribution in [0.15, 0.2) is 0 Å². The Labute approximate surface area is 111 Å². The molecule has 2 aliphatic rings. The second-order valence-corrected chi connectivity index (χ2v) is 7.38. The van der Waals surface area contributed by atoms with E-state index in [2.05, 4.69) is 42.9 Å². The van der Waals surface area contributed by atoms with Crippen LogP contribution in [0.3, 0.4) is 0 Å². The van der Waals surface area contributed by atoms with Crippen molar-refractivity contribution < 1.29 is 0 Å². The molecule has 0 spiro atoms. The molecule has 0 aromatic heterocycles. The van der Waals surface area contributed by atoms with Crippen molar-refractivity contribution in [2.45, 2.75) is 69.3 Å². The maximum atomic E-state index is 3.92. The Balaban J connectivity index is 1.71. The third-order valence-corrected chi connectivity index (χ3v) is 5.70. The number of likely N-dealkylation sites (tertiary alicyclic amines) is 1. The van der Waals surface area contributed by atoms with Crippen LogP contribution in [0.2, 0.25) is 0 Å². The molecule has 0 aromatic rings. The maximum Gasteiger partial charge on any atom is 0.00966 e. The molecule has 1 aliphatic carbocycles. The van der Waals surface area contributed by atoms with E-state index < -0.39 is 0 Å². The zero-order valence-electron chi connectivity index (χ0n) is 11.6. The van der Waals surface area contributed by atoms with Crippen LogP contribution in [0.4, 0.5) is 0 Å². The standard InChI is InChI=1S/C14H28N2S/c1-4-17-14-6-5-12(10-14)15-13-7-8-16(3)11(2)9-13/h11-15H,4-10H2,1-3H3. The van der Waals surface area contributed by atoms with Gasteiger partial charge in [-0.05, 0) is 58.4 Å². The molecule has 100 valence electrons. The lowest BCUT2D eigenvalue weighted by atomic mass is 9.98. The minimum Gasteiger partial charge on any atom is -0.311 e. The third kappa shape index (κ3) is 3.87. The molecule has 1 N–H and O–H groups in total. The second-order valence-electron chi connectivity index (χ2n) is 5.80. The van der Waals surface area contributed by atoms with Crippen LogP contribution in [0.5, 0.6) is 0 Å². The molecule has 1 aliphatic heterocycles. The maximum absolute atomic E-state index is 3.92. The fourth-order valence-electron chi connectivity index (χ4n) is 3.25. The molecule has 17 heavy (non-hydrogen) atoms. The van der Waals surface area contributed by atoms with Gasteiger partial charge in [-0.3, -0.25) is 0 Å². The lowest BCUT2D eigenvalue weighted by molar-refractivity contribution is 0.162. The summed E-state index contributed by atoms with van der Waals surface area (Å²) < 4.78 is 0. The monoisotopic (exact) mass is 256 g/mol. The summed E-state index contributed by atoms with van der Waals surface area (Å²) in [6, 6.07) is 2.33. The third-order valence-electron chi connectivity index (χ3n) is 4.47. The largest absolute Gasteiger partial charge is 0.311 e. The quantitative estimate of drug-likeness (QED) is 0.832. The minimum absolute atomic E-state index is 0.753. The Bertz CT molecular complexity index is 234. The molecule has 3 heteroatoms. The smallest absolute Gasteiger partial charge is 0.00966 e. The zero-order valence-corrected chi connectivity index (χ0v) is 12.4. The van der Waals surface area contributed by atoms with E-state index in [1.807, 2.05) is 0 Å². The normalized spacial score (nSPS) is 39.7. The average Bonchev–Trinajstić information content (AvgIpc) is 2.72. The number of rotatable bonds is 4.